The molecule has 0 bridgehead atoms. The van der Waals surface area contributed by atoms with Crippen LogP contribution in [0.1, 0.15) is 36.6 Å². The zero-order valence-electron chi connectivity index (χ0n) is 14.8. The van der Waals surface area contributed by atoms with Crippen molar-refractivity contribution in [2.24, 2.45) is 5.10 Å². The van der Waals surface area contributed by atoms with Gasteiger partial charge in [-0.2, -0.15) is 5.10 Å². The number of hydrogen-bond donors (Lipinski definition) is 3. The number of phenolic OH excluding ortho intramolecular Hbond substituents is 1. The average Bonchev–Trinajstić information content (AvgIpc) is 2.61. The number of H-pyrrole nitrogens is 1. The smallest absolute Gasteiger partial charge is 0.254 e. The minimum atomic E-state index is -0.336. The summed E-state index contributed by atoms with van der Waals surface area (Å²) in [6.45, 7) is 3.88. The minimum absolute atomic E-state index is 0.0643. The van der Waals surface area contributed by atoms with E-state index in [1.54, 1.807) is 25.1 Å². The van der Waals surface area contributed by atoms with Crippen LogP contribution in [0.5, 0.6) is 5.75 Å². The monoisotopic (exact) mass is 374 g/mol. The second-order valence-electron chi connectivity index (χ2n) is 5.68. The van der Waals surface area contributed by atoms with Gasteiger partial charge in [0.1, 0.15) is 5.75 Å². The first-order chi connectivity index (χ1) is 12.5. The summed E-state index contributed by atoms with van der Waals surface area (Å²) < 4.78 is 0. The molecule has 8 heteroatoms. The fourth-order valence-corrected chi connectivity index (χ4v) is 2.94. The van der Waals surface area contributed by atoms with Crippen LogP contribution in [0.4, 0.5) is 0 Å². The van der Waals surface area contributed by atoms with Gasteiger partial charge in [0, 0.05) is 16.8 Å². The van der Waals surface area contributed by atoms with Crippen LogP contribution < -0.4 is 11.0 Å². The molecule has 0 saturated heterocycles. The highest BCUT2D eigenvalue weighted by atomic mass is 32.2. The highest BCUT2D eigenvalue weighted by molar-refractivity contribution is 7.99. The number of para-hydroxylation sites is 1. The Morgan fingerprint density at radius 3 is 2.88 bits per heavy atom. The first-order valence-corrected chi connectivity index (χ1v) is 9.32. The fourth-order valence-electron chi connectivity index (χ4n) is 2.24. The Balaban J connectivity index is 1.89. The lowest BCUT2D eigenvalue weighted by Gasteiger charge is -2.06. The molecular formula is C18H22N4O3S. The summed E-state index contributed by atoms with van der Waals surface area (Å²) in [5, 5.41) is 13.8. The number of carbonyl (C=O) groups is 1. The molecule has 1 heterocycles. The van der Waals surface area contributed by atoms with Crippen LogP contribution in [0.25, 0.3) is 0 Å². The van der Waals surface area contributed by atoms with E-state index in [4.69, 9.17) is 0 Å². The molecule has 7 nitrogen and oxygen atoms in total. The van der Waals surface area contributed by atoms with Crippen molar-refractivity contribution < 1.29 is 9.90 Å². The molecule has 0 spiro atoms. The molecular weight excluding hydrogens is 352 g/mol. The second kappa shape index (κ2) is 9.76. The quantitative estimate of drug-likeness (QED) is 0.285. The lowest BCUT2D eigenvalue weighted by Crippen LogP contribution is -2.21. The molecule has 0 saturated carbocycles. The number of aromatic nitrogens is 2. The van der Waals surface area contributed by atoms with Crippen LogP contribution in [0, 0.1) is 6.92 Å². The minimum Gasteiger partial charge on any atom is -0.507 e. The van der Waals surface area contributed by atoms with Crippen molar-refractivity contribution in [3.05, 3.63) is 51.4 Å². The molecule has 2 aromatic rings. The third kappa shape index (κ3) is 5.73. The van der Waals surface area contributed by atoms with E-state index in [0.717, 1.165) is 24.6 Å². The van der Waals surface area contributed by atoms with E-state index in [2.05, 4.69) is 27.4 Å². The summed E-state index contributed by atoms with van der Waals surface area (Å²) in [7, 11) is 0. The van der Waals surface area contributed by atoms with E-state index in [9.17, 15) is 14.7 Å². The van der Waals surface area contributed by atoms with E-state index >= 15 is 0 Å². The number of nitrogens with zero attached hydrogens (tertiary/aromatic N) is 2. The largest absolute Gasteiger partial charge is 0.507 e. The Labute approximate surface area is 156 Å². The van der Waals surface area contributed by atoms with Crippen molar-refractivity contribution in [1.29, 1.82) is 0 Å². The van der Waals surface area contributed by atoms with E-state index in [1.165, 1.54) is 12.3 Å². The zero-order valence-corrected chi connectivity index (χ0v) is 15.6. The first kappa shape index (κ1) is 19.7. The van der Waals surface area contributed by atoms with Crippen molar-refractivity contribution in [2.45, 2.75) is 38.3 Å². The molecule has 0 fully saturated rings. The maximum absolute atomic E-state index is 12.1. The molecule has 1 amide bonds. The maximum Gasteiger partial charge on any atom is 0.254 e. The lowest BCUT2D eigenvalue weighted by atomic mass is 10.1. The van der Waals surface area contributed by atoms with Gasteiger partial charge in [-0.1, -0.05) is 37.2 Å². The fraction of sp³-hybridized carbons (Fsp3) is 0.333. The molecule has 1 aromatic heterocycles. The number of hydrogen-bond acceptors (Lipinski definition) is 6. The second-order valence-corrected chi connectivity index (χ2v) is 6.64. The van der Waals surface area contributed by atoms with E-state index in [-0.39, 0.29) is 23.0 Å². The highest BCUT2D eigenvalue weighted by Gasteiger charge is 2.09. The van der Waals surface area contributed by atoms with E-state index in [1.807, 2.05) is 0 Å². The number of aromatic hydroxyl groups is 1. The molecule has 0 aliphatic carbocycles. The van der Waals surface area contributed by atoms with Crippen molar-refractivity contribution >= 4 is 23.9 Å². The van der Waals surface area contributed by atoms with Crippen LogP contribution >= 0.6 is 11.8 Å². The van der Waals surface area contributed by atoms with E-state index in [0.29, 0.717) is 28.4 Å². The van der Waals surface area contributed by atoms with Gasteiger partial charge in [0.25, 0.3) is 11.5 Å². The number of carbonyl (C=O) groups excluding carboxylic acids is 1. The third-order valence-corrected chi connectivity index (χ3v) is 4.52. The van der Waals surface area contributed by atoms with Crippen LogP contribution in [-0.4, -0.2) is 32.9 Å². The van der Waals surface area contributed by atoms with Crippen LogP contribution in [0.3, 0.4) is 0 Å². The normalized spacial score (nSPS) is 11.0. The van der Waals surface area contributed by atoms with Gasteiger partial charge in [-0.3, -0.25) is 9.59 Å². The molecule has 3 N–H and O–H groups in total. The van der Waals surface area contributed by atoms with Crippen LogP contribution in [0.15, 0.2) is 39.3 Å². The molecule has 0 radical (unpaired) electrons. The molecule has 1 aromatic carbocycles. The van der Waals surface area contributed by atoms with Crippen LogP contribution in [-0.2, 0) is 11.2 Å². The Morgan fingerprint density at radius 1 is 1.42 bits per heavy atom. The molecule has 138 valence electrons. The number of rotatable bonds is 8. The molecule has 0 atom stereocenters. The molecule has 0 unspecified atom stereocenters. The summed E-state index contributed by atoms with van der Waals surface area (Å²) in [4.78, 5) is 31.0. The van der Waals surface area contributed by atoms with Crippen molar-refractivity contribution in [3.63, 3.8) is 0 Å². The standard InChI is InChI=1S/C18H22N4O3S/c1-3-4-8-14-12(2)20-18(21-17(14)25)26-11-16(24)22-19-10-13-7-5-6-9-15(13)23/h5-7,9-10,23H,3-4,8,11H2,1-2H3,(H,22,24)(H,20,21,25)/b19-10+. The number of nitrogens with one attached hydrogen (secondary N) is 2. The Kier molecular flexibility index (Phi) is 7.40. The van der Waals surface area contributed by atoms with Gasteiger partial charge in [-0.25, -0.2) is 10.4 Å². The van der Waals surface area contributed by atoms with Gasteiger partial charge < -0.3 is 10.1 Å². The summed E-state index contributed by atoms with van der Waals surface area (Å²) in [5.74, 6) is -0.188. The van der Waals surface area contributed by atoms with Gasteiger partial charge in [-0.15, -0.1) is 0 Å². The molecule has 2 rings (SSSR count). The Hall–Kier alpha value is -2.61. The van der Waals surface area contributed by atoms with Gasteiger partial charge in [0.2, 0.25) is 0 Å². The van der Waals surface area contributed by atoms with E-state index < -0.39 is 0 Å². The topological polar surface area (TPSA) is 107 Å². The summed E-state index contributed by atoms with van der Waals surface area (Å²) in [6, 6.07) is 6.67. The maximum atomic E-state index is 12.1. The zero-order chi connectivity index (χ0) is 18.9. The van der Waals surface area contributed by atoms with Crippen LogP contribution in [0.2, 0.25) is 0 Å². The lowest BCUT2D eigenvalue weighted by molar-refractivity contribution is -0.118. The van der Waals surface area contributed by atoms with Crippen molar-refractivity contribution in [3.8, 4) is 5.75 Å². The van der Waals surface area contributed by atoms with Gasteiger partial charge in [0.05, 0.1) is 12.0 Å². The Morgan fingerprint density at radius 2 is 2.19 bits per heavy atom. The number of unbranched alkanes of at least 4 members (excludes halogenated alkanes) is 1. The average molecular weight is 374 g/mol. The van der Waals surface area contributed by atoms with Gasteiger partial charge in [-0.05, 0) is 31.9 Å². The molecule has 0 aliphatic heterocycles. The van der Waals surface area contributed by atoms with Gasteiger partial charge >= 0.3 is 0 Å². The number of phenols is 1. The predicted octanol–water partition coefficient (Wildman–Crippen LogP) is 2.37. The van der Waals surface area contributed by atoms with Crippen molar-refractivity contribution in [2.75, 3.05) is 5.75 Å². The predicted molar refractivity (Wildman–Crippen MR) is 103 cm³/mol. The summed E-state index contributed by atoms with van der Waals surface area (Å²) >= 11 is 1.14. The highest BCUT2D eigenvalue weighted by Crippen LogP contribution is 2.14. The Bertz CT molecular complexity index is 849. The number of hydrazone groups is 1. The first-order valence-electron chi connectivity index (χ1n) is 8.33. The van der Waals surface area contributed by atoms with Crippen molar-refractivity contribution in [1.82, 2.24) is 15.4 Å². The third-order valence-electron chi connectivity index (χ3n) is 3.65. The number of benzene rings is 1. The number of thioether (sulfide) groups is 1. The number of aromatic amines is 1. The molecule has 0 aliphatic rings. The molecule has 26 heavy (non-hydrogen) atoms. The summed E-state index contributed by atoms with van der Waals surface area (Å²) in [6.07, 6.45) is 4.02. The number of amides is 1. The summed E-state index contributed by atoms with van der Waals surface area (Å²) in [5.41, 5.74) is 4.13. The number of aryl methyl sites for hydroxylation is 1. The SMILES string of the molecule is CCCCc1c(C)nc(SCC(=O)N/N=C/c2ccccc2O)[nH]c1=O. The van der Waals surface area contributed by atoms with Gasteiger partial charge in [0.15, 0.2) is 5.16 Å².